The molecule has 1 aliphatic rings. The zero-order valence-electron chi connectivity index (χ0n) is 10.9. The van der Waals surface area contributed by atoms with Gasteiger partial charge in [-0.1, -0.05) is 0 Å². The number of aromatic amines is 1. The minimum atomic E-state index is -2.30. The van der Waals surface area contributed by atoms with E-state index >= 15 is 0 Å². The van der Waals surface area contributed by atoms with Crippen LogP contribution in [0, 0.1) is 6.92 Å². The number of rotatable bonds is 3. The highest BCUT2D eigenvalue weighted by atomic mass is 19.3. The molecule has 0 amide bonds. The number of aromatic nitrogens is 2. The summed E-state index contributed by atoms with van der Waals surface area (Å²) in [6, 6.07) is 0. The third-order valence-corrected chi connectivity index (χ3v) is 3.34. The van der Waals surface area contributed by atoms with Crippen molar-refractivity contribution in [2.45, 2.75) is 31.3 Å². The average Bonchev–Trinajstić information content (AvgIpc) is 2.79. The van der Waals surface area contributed by atoms with Crippen molar-refractivity contribution in [2.24, 2.45) is 0 Å². The zero-order chi connectivity index (χ0) is 15.8. The van der Waals surface area contributed by atoms with Crippen LogP contribution >= 0.6 is 0 Å². The summed E-state index contributed by atoms with van der Waals surface area (Å²) in [5.41, 5.74) is -3.96. The fraction of sp³-hybridized carbons (Fsp3) is 0.545. The first-order valence-corrected chi connectivity index (χ1v) is 5.98. The molecule has 21 heavy (non-hydrogen) atoms. The van der Waals surface area contributed by atoms with Gasteiger partial charge in [0.1, 0.15) is 6.10 Å². The molecule has 9 nitrogen and oxygen atoms in total. The normalized spacial score (nSPS) is 28.6. The van der Waals surface area contributed by atoms with Crippen molar-refractivity contribution in [1.29, 1.82) is 0 Å². The van der Waals surface area contributed by atoms with Crippen LogP contribution in [-0.2, 0) is 20.2 Å². The van der Waals surface area contributed by atoms with Crippen LogP contribution < -0.4 is 11.2 Å². The number of hydrogen-bond donors (Lipinski definition) is 3. The molecule has 3 atom stereocenters. The number of carbonyl (C=O) groups excluding carboxylic acids is 1. The molecule has 1 fully saturated rings. The first kappa shape index (κ1) is 15.4. The molecule has 1 aromatic rings. The molecule has 3 N–H and O–H groups in total. The van der Waals surface area contributed by atoms with Gasteiger partial charge in [-0.3, -0.25) is 14.3 Å². The predicted octanol–water partition coefficient (Wildman–Crippen LogP) is -1.93. The second-order valence-electron chi connectivity index (χ2n) is 4.70. The van der Waals surface area contributed by atoms with E-state index in [9.17, 15) is 24.0 Å². The van der Waals surface area contributed by atoms with Crippen molar-refractivity contribution in [1.82, 2.24) is 9.55 Å². The minimum Gasteiger partial charge on any atom is -0.394 e. The number of nitrogens with zero attached hydrogens (tertiary/aromatic N) is 1. The summed E-state index contributed by atoms with van der Waals surface area (Å²) in [6.45, 7) is 0.706. The van der Waals surface area contributed by atoms with Crippen molar-refractivity contribution < 1.29 is 29.2 Å². The largest absolute Gasteiger partial charge is 0.401 e. The summed E-state index contributed by atoms with van der Waals surface area (Å²) >= 11 is 0. The maximum absolute atomic E-state index is 12.4. The Morgan fingerprint density at radius 1 is 1.67 bits per heavy atom. The van der Waals surface area contributed by atoms with Crippen molar-refractivity contribution in [3.8, 4) is 0 Å². The Bertz CT molecular complexity index is 669. The van der Waals surface area contributed by atoms with E-state index in [0.717, 1.165) is 6.20 Å². The molecule has 0 aliphatic carbocycles. The van der Waals surface area contributed by atoms with E-state index in [4.69, 9.17) is 9.84 Å². The third-order valence-electron chi connectivity index (χ3n) is 3.34. The molecule has 0 saturated carbocycles. The summed E-state index contributed by atoms with van der Waals surface area (Å²) < 4.78 is 18.2. The molecule has 0 spiro atoms. The van der Waals surface area contributed by atoms with E-state index in [2.05, 4.69) is 4.94 Å². The van der Waals surface area contributed by atoms with E-state index in [1.807, 2.05) is 4.98 Å². The van der Waals surface area contributed by atoms with Crippen molar-refractivity contribution >= 4 is 5.97 Å². The monoisotopic (exact) mass is 304 g/mol. The standard InChI is InChI=1S/C11H13FN2O7/c1-5-3-14(10(19)13-8(5)17)11(9(18)21-12)2-6(16)7(4-15)20-11/h3,6-7,15-16H,2,4H2,1H3,(H,13,17,19)/t6-,7+,11-/m0/s1. The maximum atomic E-state index is 12.4. The Hall–Kier alpha value is -2.04. The zero-order valence-corrected chi connectivity index (χ0v) is 10.9. The Labute approximate surface area is 116 Å². The molecule has 10 heteroatoms. The number of aliphatic hydroxyl groups excluding tert-OH is 2. The molecule has 0 unspecified atom stereocenters. The van der Waals surface area contributed by atoms with Crippen LogP contribution in [-0.4, -0.2) is 44.5 Å². The highest BCUT2D eigenvalue weighted by Gasteiger charge is 2.55. The SMILES string of the molecule is Cc1cn([C@@]2(C(=O)OF)C[C@H](O)[C@@H](CO)O2)c(=O)[nH]c1=O. The van der Waals surface area contributed by atoms with Crippen LogP contribution in [0.3, 0.4) is 0 Å². The third kappa shape index (κ3) is 2.37. The molecule has 1 saturated heterocycles. The van der Waals surface area contributed by atoms with E-state index in [-0.39, 0.29) is 5.56 Å². The second kappa shape index (κ2) is 5.39. The lowest BCUT2D eigenvalue weighted by Crippen LogP contribution is -2.50. The van der Waals surface area contributed by atoms with Gasteiger partial charge in [0.2, 0.25) is 0 Å². The highest BCUT2D eigenvalue weighted by Crippen LogP contribution is 2.35. The molecule has 1 aliphatic heterocycles. The lowest BCUT2D eigenvalue weighted by molar-refractivity contribution is -0.224. The summed E-state index contributed by atoms with van der Waals surface area (Å²) in [4.78, 5) is 40.0. The van der Waals surface area contributed by atoms with Gasteiger partial charge in [-0.15, -0.1) is 0 Å². The van der Waals surface area contributed by atoms with E-state index in [1.54, 1.807) is 0 Å². The molecule has 0 aromatic carbocycles. The van der Waals surface area contributed by atoms with E-state index < -0.39 is 48.2 Å². The number of hydrogen-bond acceptors (Lipinski definition) is 7. The number of nitrogens with one attached hydrogen (secondary N) is 1. The molecule has 2 rings (SSSR count). The fourth-order valence-electron chi connectivity index (χ4n) is 2.23. The molecule has 2 heterocycles. The summed E-state index contributed by atoms with van der Waals surface area (Å²) in [6.07, 6.45) is -2.06. The quantitative estimate of drug-likeness (QED) is 0.592. The predicted molar refractivity (Wildman–Crippen MR) is 63.8 cm³/mol. The van der Waals surface area contributed by atoms with Gasteiger partial charge in [0, 0.05) is 22.7 Å². The van der Waals surface area contributed by atoms with Gasteiger partial charge in [-0.05, 0) is 6.92 Å². The van der Waals surface area contributed by atoms with Gasteiger partial charge < -0.3 is 14.9 Å². The van der Waals surface area contributed by atoms with Gasteiger partial charge in [0.15, 0.2) is 0 Å². The lowest BCUT2D eigenvalue weighted by Gasteiger charge is -2.26. The van der Waals surface area contributed by atoms with Crippen LogP contribution in [0.15, 0.2) is 15.8 Å². The Morgan fingerprint density at radius 3 is 2.86 bits per heavy atom. The molecule has 1 aromatic heterocycles. The fourth-order valence-corrected chi connectivity index (χ4v) is 2.23. The molecule has 116 valence electrons. The average molecular weight is 304 g/mol. The minimum absolute atomic E-state index is 0.0613. The number of H-pyrrole nitrogens is 1. The Balaban J connectivity index is 2.63. The summed E-state index contributed by atoms with van der Waals surface area (Å²) in [7, 11) is 0. The Morgan fingerprint density at radius 2 is 2.33 bits per heavy atom. The first-order valence-electron chi connectivity index (χ1n) is 5.98. The van der Waals surface area contributed by atoms with Crippen LogP contribution in [0.1, 0.15) is 12.0 Å². The van der Waals surface area contributed by atoms with Gasteiger partial charge in [-0.25, -0.2) is 14.5 Å². The number of carbonyl (C=O) groups is 1. The number of aliphatic hydroxyl groups is 2. The number of aryl methyl sites for hydroxylation is 1. The Kier molecular flexibility index (Phi) is 3.94. The summed E-state index contributed by atoms with van der Waals surface area (Å²) in [5.74, 6) is -1.58. The van der Waals surface area contributed by atoms with Crippen LogP contribution in [0.25, 0.3) is 0 Å². The molecular weight excluding hydrogens is 291 g/mol. The summed E-state index contributed by atoms with van der Waals surface area (Å²) in [5, 5.41) is 18.8. The number of ether oxygens (including phenoxy) is 1. The maximum Gasteiger partial charge on any atom is 0.401 e. The van der Waals surface area contributed by atoms with Crippen LogP contribution in [0.2, 0.25) is 0 Å². The number of halogens is 1. The highest BCUT2D eigenvalue weighted by molar-refractivity contribution is 5.77. The van der Waals surface area contributed by atoms with E-state index in [1.165, 1.54) is 6.92 Å². The van der Waals surface area contributed by atoms with E-state index in [0.29, 0.717) is 4.57 Å². The van der Waals surface area contributed by atoms with Gasteiger partial charge in [0.05, 0.1) is 12.7 Å². The first-order chi connectivity index (χ1) is 9.85. The van der Waals surface area contributed by atoms with Crippen LogP contribution in [0.5, 0.6) is 0 Å². The van der Waals surface area contributed by atoms with Gasteiger partial charge >= 0.3 is 11.7 Å². The van der Waals surface area contributed by atoms with Gasteiger partial charge in [0.25, 0.3) is 11.3 Å². The van der Waals surface area contributed by atoms with Crippen molar-refractivity contribution in [3.63, 3.8) is 0 Å². The van der Waals surface area contributed by atoms with Gasteiger partial charge in [-0.2, -0.15) is 0 Å². The van der Waals surface area contributed by atoms with Crippen molar-refractivity contribution in [3.05, 3.63) is 32.6 Å². The molecule has 0 radical (unpaired) electrons. The van der Waals surface area contributed by atoms with Crippen molar-refractivity contribution in [2.75, 3.05) is 6.61 Å². The molecular formula is C11H13FN2O7. The molecule has 0 bridgehead atoms. The second-order valence-corrected chi connectivity index (χ2v) is 4.70. The smallest absolute Gasteiger partial charge is 0.394 e. The topological polar surface area (TPSA) is 131 Å². The lowest BCUT2D eigenvalue weighted by atomic mass is 10.1. The van der Waals surface area contributed by atoms with Crippen LogP contribution in [0.4, 0.5) is 4.53 Å².